The van der Waals surface area contributed by atoms with Crippen LogP contribution in [0.15, 0.2) is 30.3 Å². The second kappa shape index (κ2) is 12.6. The van der Waals surface area contributed by atoms with Gasteiger partial charge < -0.3 is 20.1 Å². The average Bonchev–Trinajstić information content (AvgIpc) is 3.43. The number of piperidine rings is 1. The van der Waals surface area contributed by atoms with Gasteiger partial charge in [-0.25, -0.2) is 4.79 Å². The molecule has 1 amide bonds. The number of nitrogens with one attached hydrogen (secondary N) is 3. The largest absolute Gasteiger partial charge is 0.464 e. The highest BCUT2D eigenvalue weighted by Crippen LogP contribution is 2.40. The standard InChI is InChI=1S/C25H34N6O5/c1-2-35-25(34)21(27-23(32)17-6-4-3-5-7-17)15-36-24(33)20-13-19-12-16(8-10-18(19)14-26-20)9-11-22-28-30-31-29-22/h3-7,16,18-21,26H,2,8-15H2,1H3,(H,27,32)(H,28,29,30,31)/t16-,18+,19-,20+,21+/m1/s1. The smallest absolute Gasteiger partial charge is 0.332 e. The van der Waals surface area contributed by atoms with Gasteiger partial charge in [0.2, 0.25) is 0 Å². The first kappa shape index (κ1) is 25.7. The number of fused-ring (bicyclic) bond motifs is 1. The van der Waals surface area contributed by atoms with E-state index in [0.717, 1.165) is 44.5 Å². The number of aromatic nitrogens is 4. The molecular formula is C25H34N6O5. The molecule has 1 saturated carbocycles. The summed E-state index contributed by atoms with van der Waals surface area (Å²) in [5.41, 5.74) is 0.407. The summed E-state index contributed by atoms with van der Waals surface area (Å²) in [4.78, 5) is 37.9. The Hall–Kier alpha value is -3.34. The first-order valence-corrected chi connectivity index (χ1v) is 12.7. The lowest BCUT2D eigenvalue weighted by Gasteiger charge is -2.42. The van der Waals surface area contributed by atoms with E-state index in [4.69, 9.17) is 9.47 Å². The first-order chi connectivity index (χ1) is 17.5. The van der Waals surface area contributed by atoms with Crippen molar-refractivity contribution in [2.45, 2.75) is 57.5 Å². The molecule has 2 fully saturated rings. The number of aryl methyl sites for hydroxylation is 1. The number of hydrogen-bond acceptors (Lipinski definition) is 9. The number of tetrazole rings is 1. The third-order valence-electron chi connectivity index (χ3n) is 7.17. The Labute approximate surface area is 210 Å². The Morgan fingerprint density at radius 2 is 1.94 bits per heavy atom. The molecule has 5 atom stereocenters. The molecule has 2 heterocycles. The van der Waals surface area contributed by atoms with Crippen molar-refractivity contribution in [1.82, 2.24) is 31.3 Å². The summed E-state index contributed by atoms with van der Waals surface area (Å²) in [6.45, 7) is 2.33. The molecule has 0 spiro atoms. The molecule has 4 rings (SSSR count). The number of esters is 2. The van der Waals surface area contributed by atoms with E-state index in [2.05, 4.69) is 31.3 Å². The lowest BCUT2D eigenvalue weighted by atomic mass is 9.69. The zero-order chi connectivity index (χ0) is 25.3. The van der Waals surface area contributed by atoms with Gasteiger partial charge in [0.1, 0.15) is 12.6 Å². The second-order valence-corrected chi connectivity index (χ2v) is 9.54. The zero-order valence-electron chi connectivity index (χ0n) is 20.5. The average molecular weight is 499 g/mol. The van der Waals surface area contributed by atoms with E-state index in [1.54, 1.807) is 37.3 Å². The lowest BCUT2D eigenvalue weighted by Crippen LogP contribution is -2.51. The Kier molecular flexibility index (Phi) is 8.99. The van der Waals surface area contributed by atoms with Crippen LogP contribution in [0.25, 0.3) is 0 Å². The maximum atomic E-state index is 12.9. The molecule has 1 aliphatic heterocycles. The van der Waals surface area contributed by atoms with Gasteiger partial charge in [0.25, 0.3) is 5.91 Å². The zero-order valence-corrected chi connectivity index (χ0v) is 20.5. The molecule has 194 valence electrons. The predicted octanol–water partition coefficient (Wildman–Crippen LogP) is 1.43. The number of amides is 1. The van der Waals surface area contributed by atoms with Crippen LogP contribution in [0.1, 0.15) is 55.2 Å². The van der Waals surface area contributed by atoms with Crippen LogP contribution in [0.4, 0.5) is 0 Å². The van der Waals surface area contributed by atoms with Crippen molar-refractivity contribution in [2.75, 3.05) is 19.8 Å². The van der Waals surface area contributed by atoms with Crippen molar-refractivity contribution >= 4 is 17.8 Å². The number of carbonyl (C=O) groups excluding carboxylic acids is 3. The summed E-state index contributed by atoms with van der Waals surface area (Å²) < 4.78 is 10.6. The number of aromatic amines is 1. The second-order valence-electron chi connectivity index (χ2n) is 9.54. The minimum atomic E-state index is -1.08. The van der Waals surface area contributed by atoms with Crippen molar-refractivity contribution in [3.63, 3.8) is 0 Å². The number of nitrogens with zero attached hydrogens (tertiary/aromatic N) is 3. The van der Waals surface area contributed by atoms with Crippen LogP contribution in [-0.4, -0.2) is 70.3 Å². The quantitative estimate of drug-likeness (QED) is 0.414. The summed E-state index contributed by atoms with van der Waals surface area (Å²) in [5, 5.41) is 20.1. The Morgan fingerprint density at radius 3 is 2.69 bits per heavy atom. The van der Waals surface area contributed by atoms with Crippen LogP contribution in [0, 0.1) is 17.8 Å². The van der Waals surface area contributed by atoms with Crippen LogP contribution in [0.3, 0.4) is 0 Å². The number of H-pyrrole nitrogens is 1. The third-order valence-corrected chi connectivity index (χ3v) is 7.17. The highest BCUT2D eigenvalue weighted by molar-refractivity contribution is 5.96. The van der Waals surface area contributed by atoms with E-state index in [9.17, 15) is 14.4 Å². The predicted molar refractivity (Wildman–Crippen MR) is 129 cm³/mol. The maximum Gasteiger partial charge on any atom is 0.332 e. The molecule has 2 aromatic rings. The lowest BCUT2D eigenvalue weighted by molar-refractivity contribution is -0.153. The molecule has 1 saturated heterocycles. The van der Waals surface area contributed by atoms with Gasteiger partial charge in [-0.1, -0.05) is 29.8 Å². The minimum Gasteiger partial charge on any atom is -0.464 e. The van der Waals surface area contributed by atoms with Crippen LogP contribution in [0.2, 0.25) is 0 Å². The van der Waals surface area contributed by atoms with Crippen molar-refractivity contribution < 1.29 is 23.9 Å². The van der Waals surface area contributed by atoms with Gasteiger partial charge in [0, 0.05) is 12.0 Å². The summed E-state index contributed by atoms with van der Waals surface area (Å²) >= 11 is 0. The summed E-state index contributed by atoms with van der Waals surface area (Å²) in [5.74, 6) is 0.811. The van der Waals surface area contributed by atoms with Gasteiger partial charge in [-0.15, -0.1) is 10.2 Å². The first-order valence-electron chi connectivity index (χ1n) is 12.7. The molecule has 0 unspecified atom stereocenters. The molecule has 0 radical (unpaired) electrons. The highest BCUT2D eigenvalue weighted by atomic mass is 16.6. The highest BCUT2D eigenvalue weighted by Gasteiger charge is 2.38. The summed E-state index contributed by atoms with van der Waals surface area (Å²) in [6, 6.07) is 7.04. The van der Waals surface area contributed by atoms with E-state index in [0.29, 0.717) is 29.7 Å². The number of hydrogen-bond donors (Lipinski definition) is 3. The molecule has 2 aliphatic rings. The number of rotatable bonds is 10. The molecule has 36 heavy (non-hydrogen) atoms. The van der Waals surface area contributed by atoms with E-state index in [1.165, 1.54) is 0 Å². The molecule has 11 nitrogen and oxygen atoms in total. The topological polar surface area (TPSA) is 148 Å². The van der Waals surface area contributed by atoms with Crippen molar-refractivity contribution in [2.24, 2.45) is 17.8 Å². The van der Waals surface area contributed by atoms with Crippen LogP contribution >= 0.6 is 0 Å². The maximum absolute atomic E-state index is 12.9. The van der Waals surface area contributed by atoms with Crippen molar-refractivity contribution in [1.29, 1.82) is 0 Å². The third kappa shape index (κ3) is 6.87. The molecule has 1 aromatic carbocycles. The normalized spacial score (nSPS) is 24.2. The fourth-order valence-electron chi connectivity index (χ4n) is 5.23. The SMILES string of the molecule is CCOC(=O)[C@H](COC(=O)[C@@H]1C[C@H]2C[C@@H](CCc3nn[nH]n3)CC[C@H]2CN1)NC(=O)c1ccccc1. The van der Waals surface area contributed by atoms with Crippen molar-refractivity contribution in [3.05, 3.63) is 41.7 Å². The van der Waals surface area contributed by atoms with Gasteiger partial charge in [-0.3, -0.25) is 9.59 Å². The van der Waals surface area contributed by atoms with Crippen LogP contribution in [-0.2, 0) is 25.5 Å². The van der Waals surface area contributed by atoms with E-state index < -0.39 is 29.9 Å². The molecule has 3 N–H and O–H groups in total. The van der Waals surface area contributed by atoms with Gasteiger partial charge >= 0.3 is 11.9 Å². The Balaban J connectivity index is 1.28. The van der Waals surface area contributed by atoms with Gasteiger partial charge in [0.05, 0.1) is 6.61 Å². The Morgan fingerprint density at radius 1 is 1.11 bits per heavy atom. The molecule has 0 bridgehead atoms. The molecule has 11 heteroatoms. The fourth-order valence-corrected chi connectivity index (χ4v) is 5.23. The molecule has 1 aromatic heterocycles. The number of ether oxygens (including phenoxy) is 2. The van der Waals surface area contributed by atoms with Gasteiger partial charge in [-0.2, -0.15) is 5.21 Å². The number of benzene rings is 1. The summed E-state index contributed by atoms with van der Waals surface area (Å²) in [6.07, 6.45) is 5.86. The van der Waals surface area contributed by atoms with Crippen LogP contribution in [0.5, 0.6) is 0 Å². The number of carbonyl (C=O) groups is 3. The van der Waals surface area contributed by atoms with Crippen LogP contribution < -0.4 is 10.6 Å². The van der Waals surface area contributed by atoms with Crippen molar-refractivity contribution in [3.8, 4) is 0 Å². The monoisotopic (exact) mass is 498 g/mol. The molecular weight excluding hydrogens is 464 g/mol. The van der Waals surface area contributed by atoms with E-state index in [1.807, 2.05) is 0 Å². The minimum absolute atomic E-state index is 0.158. The summed E-state index contributed by atoms with van der Waals surface area (Å²) in [7, 11) is 0. The van der Waals surface area contributed by atoms with Gasteiger partial charge in [-0.05, 0) is 69.0 Å². The Bertz CT molecular complexity index is 1000. The molecule has 1 aliphatic carbocycles. The van der Waals surface area contributed by atoms with Gasteiger partial charge in [0.15, 0.2) is 11.9 Å². The van der Waals surface area contributed by atoms with E-state index in [-0.39, 0.29) is 13.2 Å². The fraction of sp³-hybridized carbons (Fsp3) is 0.600. The van der Waals surface area contributed by atoms with E-state index >= 15 is 0 Å².